The predicted molar refractivity (Wildman–Crippen MR) is 93.4 cm³/mol. The summed E-state index contributed by atoms with van der Waals surface area (Å²) in [6, 6.07) is 20.1. The van der Waals surface area contributed by atoms with Gasteiger partial charge in [0.25, 0.3) is 5.91 Å². The van der Waals surface area contributed by atoms with E-state index in [9.17, 15) is 4.79 Å². The zero-order valence-electron chi connectivity index (χ0n) is 13.7. The monoisotopic (exact) mass is 308 g/mol. The SMILES string of the molecule is CCCC1(c2ccccc2)CNCCN1C(=O)c1ccccc1. The minimum atomic E-state index is -0.263. The quantitative estimate of drug-likeness (QED) is 0.938. The number of carbonyl (C=O) groups excluding carboxylic acids is 1. The van der Waals surface area contributed by atoms with Crippen molar-refractivity contribution in [3.05, 3.63) is 71.8 Å². The zero-order chi connectivity index (χ0) is 16.1. The molecule has 1 N–H and O–H groups in total. The third-order valence-corrected chi connectivity index (χ3v) is 4.69. The van der Waals surface area contributed by atoms with Crippen molar-refractivity contribution in [2.24, 2.45) is 0 Å². The molecule has 1 amide bonds. The first-order valence-corrected chi connectivity index (χ1v) is 8.41. The van der Waals surface area contributed by atoms with Gasteiger partial charge in [0.1, 0.15) is 0 Å². The summed E-state index contributed by atoms with van der Waals surface area (Å²) in [4.78, 5) is 15.2. The standard InChI is InChI=1S/C20H24N2O/c1-2-13-20(18-11-7-4-8-12-18)16-21-14-15-22(20)19(23)17-9-5-3-6-10-17/h3-12,21H,2,13-16H2,1H3. The Bertz CT molecular complexity index is 637. The smallest absolute Gasteiger partial charge is 0.254 e. The van der Waals surface area contributed by atoms with E-state index in [1.807, 2.05) is 36.4 Å². The topological polar surface area (TPSA) is 32.3 Å². The maximum atomic E-state index is 13.2. The highest BCUT2D eigenvalue weighted by Gasteiger charge is 2.42. The van der Waals surface area contributed by atoms with E-state index in [0.29, 0.717) is 0 Å². The second-order valence-electron chi connectivity index (χ2n) is 6.15. The number of hydrogen-bond donors (Lipinski definition) is 1. The maximum Gasteiger partial charge on any atom is 0.254 e. The van der Waals surface area contributed by atoms with Crippen molar-refractivity contribution in [2.45, 2.75) is 25.3 Å². The van der Waals surface area contributed by atoms with E-state index >= 15 is 0 Å². The molecule has 23 heavy (non-hydrogen) atoms. The minimum Gasteiger partial charge on any atom is -0.326 e. The van der Waals surface area contributed by atoms with E-state index in [1.165, 1.54) is 5.56 Å². The van der Waals surface area contributed by atoms with Crippen LogP contribution in [-0.4, -0.2) is 30.4 Å². The molecule has 3 nitrogen and oxygen atoms in total. The molecule has 2 aromatic carbocycles. The molecule has 0 saturated carbocycles. The predicted octanol–water partition coefficient (Wildman–Crippen LogP) is 3.43. The molecule has 2 aromatic rings. The summed E-state index contributed by atoms with van der Waals surface area (Å²) in [6.07, 6.45) is 2.00. The normalized spacial score (nSPS) is 21.2. The van der Waals surface area contributed by atoms with E-state index < -0.39 is 0 Å². The Hall–Kier alpha value is -2.13. The van der Waals surface area contributed by atoms with Gasteiger partial charge in [-0.25, -0.2) is 0 Å². The van der Waals surface area contributed by atoms with Crippen LogP contribution in [0.1, 0.15) is 35.7 Å². The number of carbonyl (C=O) groups is 1. The molecular formula is C20H24N2O. The van der Waals surface area contributed by atoms with Crippen LogP contribution in [0.2, 0.25) is 0 Å². The van der Waals surface area contributed by atoms with Gasteiger partial charge in [-0.1, -0.05) is 61.9 Å². The van der Waals surface area contributed by atoms with Crippen LogP contribution in [0.3, 0.4) is 0 Å². The Morgan fingerprint density at radius 2 is 1.74 bits per heavy atom. The van der Waals surface area contributed by atoms with Gasteiger partial charge in [0.2, 0.25) is 0 Å². The van der Waals surface area contributed by atoms with Crippen molar-refractivity contribution in [3.63, 3.8) is 0 Å². The maximum absolute atomic E-state index is 13.2. The highest BCUT2D eigenvalue weighted by molar-refractivity contribution is 5.95. The highest BCUT2D eigenvalue weighted by Crippen LogP contribution is 2.35. The van der Waals surface area contributed by atoms with E-state index in [0.717, 1.165) is 38.0 Å². The van der Waals surface area contributed by atoms with Gasteiger partial charge >= 0.3 is 0 Å². The van der Waals surface area contributed by atoms with Crippen molar-refractivity contribution in [2.75, 3.05) is 19.6 Å². The number of hydrogen-bond acceptors (Lipinski definition) is 2. The third-order valence-electron chi connectivity index (χ3n) is 4.69. The van der Waals surface area contributed by atoms with Crippen molar-refractivity contribution >= 4 is 5.91 Å². The van der Waals surface area contributed by atoms with Crippen molar-refractivity contribution in [1.82, 2.24) is 10.2 Å². The largest absolute Gasteiger partial charge is 0.326 e. The number of rotatable bonds is 4. The molecule has 1 fully saturated rings. The fourth-order valence-corrected chi connectivity index (χ4v) is 3.62. The van der Waals surface area contributed by atoms with E-state index in [1.54, 1.807) is 0 Å². The highest BCUT2D eigenvalue weighted by atomic mass is 16.2. The molecule has 3 heteroatoms. The molecule has 0 radical (unpaired) electrons. The summed E-state index contributed by atoms with van der Waals surface area (Å²) in [5, 5.41) is 3.50. The lowest BCUT2D eigenvalue weighted by atomic mass is 9.81. The number of amides is 1. The Morgan fingerprint density at radius 1 is 1.09 bits per heavy atom. The molecule has 0 bridgehead atoms. The average Bonchev–Trinajstić information content (AvgIpc) is 2.63. The molecule has 1 aliphatic heterocycles. The summed E-state index contributed by atoms with van der Waals surface area (Å²) in [5.74, 6) is 0.129. The lowest BCUT2D eigenvalue weighted by molar-refractivity contribution is 0.0318. The summed E-state index contributed by atoms with van der Waals surface area (Å²) in [6.45, 7) is 4.58. The summed E-state index contributed by atoms with van der Waals surface area (Å²) < 4.78 is 0. The van der Waals surface area contributed by atoms with Gasteiger partial charge in [0.05, 0.1) is 5.54 Å². The van der Waals surface area contributed by atoms with Gasteiger partial charge in [-0.05, 0) is 24.1 Å². The Kier molecular flexibility index (Phi) is 4.77. The zero-order valence-corrected chi connectivity index (χ0v) is 13.7. The number of piperazine rings is 1. The first kappa shape index (κ1) is 15.8. The van der Waals surface area contributed by atoms with Crippen molar-refractivity contribution in [3.8, 4) is 0 Å². The van der Waals surface area contributed by atoms with Gasteiger partial charge in [-0.3, -0.25) is 4.79 Å². The molecule has 3 rings (SSSR count). The fraction of sp³-hybridized carbons (Fsp3) is 0.350. The Balaban J connectivity index is 2.03. The van der Waals surface area contributed by atoms with Crippen LogP contribution in [0.25, 0.3) is 0 Å². The lowest BCUT2D eigenvalue weighted by Crippen LogP contribution is -2.60. The second-order valence-corrected chi connectivity index (χ2v) is 6.15. The lowest BCUT2D eigenvalue weighted by Gasteiger charge is -2.48. The van der Waals surface area contributed by atoms with Gasteiger partial charge in [-0.15, -0.1) is 0 Å². The number of benzene rings is 2. The average molecular weight is 308 g/mol. The van der Waals surface area contributed by atoms with Crippen LogP contribution in [0, 0.1) is 0 Å². The van der Waals surface area contributed by atoms with Crippen LogP contribution in [0.15, 0.2) is 60.7 Å². The van der Waals surface area contributed by atoms with Gasteiger partial charge in [0.15, 0.2) is 0 Å². The molecule has 1 atom stereocenters. The van der Waals surface area contributed by atoms with Gasteiger partial charge < -0.3 is 10.2 Å². The van der Waals surface area contributed by atoms with Gasteiger partial charge in [0, 0.05) is 25.2 Å². The first-order chi connectivity index (χ1) is 11.3. The van der Waals surface area contributed by atoms with E-state index in [-0.39, 0.29) is 11.4 Å². The van der Waals surface area contributed by atoms with Crippen LogP contribution in [0.4, 0.5) is 0 Å². The molecule has 1 saturated heterocycles. The molecule has 1 aliphatic rings. The van der Waals surface area contributed by atoms with Crippen molar-refractivity contribution in [1.29, 1.82) is 0 Å². The molecule has 1 heterocycles. The van der Waals surface area contributed by atoms with E-state index in [4.69, 9.17) is 0 Å². The van der Waals surface area contributed by atoms with Crippen LogP contribution in [-0.2, 0) is 5.54 Å². The summed E-state index contributed by atoms with van der Waals surface area (Å²) in [5.41, 5.74) is 1.73. The molecule has 120 valence electrons. The Morgan fingerprint density at radius 3 is 2.39 bits per heavy atom. The van der Waals surface area contributed by atoms with Gasteiger partial charge in [-0.2, -0.15) is 0 Å². The number of nitrogens with one attached hydrogen (secondary N) is 1. The van der Waals surface area contributed by atoms with Crippen LogP contribution >= 0.6 is 0 Å². The molecule has 1 unspecified atom stereocenters. The van der Waals surface area contributed by atoms with Crippen LogP contribution < -0.4 is 5.32 Å². The first-order valence-electron chi connectivity index (χ1n) is 8.41. The fourth-order valence-electron chi connectivity index (χ4n) is 3.62. The molecular weight excluding hydrogens is 284 g/mol. The second kappa shape index (κ2) is 6.97. The van der Waals surface area contributed by atoms with Crippen molar-refractivity contribution < 1.29 is 4.79 Å². The number of nitrogens with zero attached hydrogens (tertiary/aromatic N) is 1. The summed E-state index contributed by atoms with van der Waals surface area (Å²) >= 11 is 0. The molecule has 0 aromatic heterocycles. The minimum absolute atomic E-state index is 0.129. The molecule has 0 spiro atoms. The van der Waals surface area contributed by atoms with E-state index in [2.05, 4.69) is 41.4 Å². The summed E-state index contributed by atoms with van der Waals surface area (Å²) in [7, 11) is 0. The Labute approximate surface area is 138 Å². The molecule has 0 aliphatic carbocycles. The van der Waals surface area contributed by atoms with Crippen LogP contribution in [0.5, 0.6) is 0 Å². The third kappa shape index (κ3) is 3.02.